The Morgan fingerprint density at radius 3 is 2.70 bits per heavy atom. The summed E-state index contributed by atoms with van der Waals surface area (Å²) in [7, 11) is 0. The second-order valence-electron chi connectivity index (χ2n) is 6.98. The number of aromatic nitrogens is 3. The maximum atomic E-state index is 12.4. The minimum atomic E-state index is -0.0891. The predicted octanol–water partition coefficient (Wildman–Crippen LogP) is 6.03. The van der Waals surface area contributed by atoms with Gasteiger partial charge in [-0.25, -0.2) is 0 Å². The molecule has 0 saturated heterocycles. The molecule has 1 atom stereocenters. The zero-order chi connectivity index (χ0) is 21.5. The predicted molar refractivity (Wildman–Crippen MR) is 125 cm³/mol. The minimum absolute atomic E-state index is 0.0891. The highest BCUT2D eigenvalue weighted by Crippen LogP contribution is 2.26. The summed E-state index contributed by atoms with van der Waals surface area (Å²) >= 11 is 7.45. The molecule has 3 rings (SSSR count). The standard InChI is InChI=1S/C23H25ClN4OS/c1-4-13-28-22(18-7-6-8-19(24)14-18)26-27-23(28)30-15-21(29)25-20-11-9-17(10-12-20)16(3)5-2/h4,6-12,14,16H,1,5,13,15H2,2-3H3,(H,25,29). The van der Waals surface area contributed by atoms with Crippen LogP contribution in [0.15, 0.2) is 66.3 Å². The van der Waals surface area contributed by atoms with Crippen LogP contribution in [0.25, 0.3) is 11.4 Å². The van der Waals surface area contributed by atoms with Crippen molar-refractivity contribution < 1.29 is 4.79 Å². The van der Waals surface area contributed by atoms with E-state index in [0.29, 0.717) is 28.5 Å². The van der Waals surface area contributed by atoms with Crippen LogP contribution in [0, 0.1) is 0 Å². The summed E-state index contributed by atoms with van der Waals surface area (Å²) in [5.74, 6) is 1.35. The largest absolute Gasteiger partial charge is 0.325 e. The van der Waals surface area contributed by atoms with Crippen LogP contribution >= 0.6 is 23.4 Å². The summed E-state index contributed by atoms with van der Waals surface area (Å²) in [5.41, 5.74) is 2.94. The molecule has 0 bridgehead atoms. The molecule has 3 aromatic rings. The van der Waals surface area contributed by atoms with Gasteiger partial charge in [-0.15, -0.1) is 16.8 Å². The molecule has 0 radical (unpaired) electrons. The molecule has 2 aromatic carbocycles. The molecule has 0 saturated carbocycles. The van der Waals surface area contributed by atoms with Gasteiger partial charge in [-0.3, -0.25) is 9.36 Å². The summed E-state index contributed by atoms with van der Waals surface area (Å²) in [6.07, 6.45) is 2.87. The molecule has 30 heavy (non-hydrogen) atoms. The van der Waals surface area contributed by atoms with Crippen LogP contribution in [0.4, 0.5) is 5.69 Å². The van der Waals surface area contributed by atoms with Crippen LogP contribution in [0.3, 0.4) is 0 Å². The third-order valence-corrected chi connectivity index (χ3v) is 6.02. The van der Waals surface area contributed by atoms with E-state index in [9.17, 15) is 4.79 Å². The summed E-state index contributed by atoms with van der Waals surface area (Å²) in [4.78, 5) is 12.4. The van der Waals surface area contributed by atoms with Gasteiger partial charge in [0.2, 0.25) is 5.91 Å². The molecule has 1 unspecified atom stereocenters. The molecule has 1 amide bonds. The van der Waals surface area contributed by atoms with E-state index in [-0.39, 0.29) is 11.7 Å². The number of nitrogens with zero attached hydrogens (tertiary/aromatic N) is 3. The van der Waals surface area contributed by atoms with Crippen molar-refractivity contribution in [3.63, 3.8) is 0 Å². The number of carbonyl (C=O) groups is 1. The monoisotopic (exact) mass is 440 g/mol. The first-order valence-electron chi connectivity index (χ1n) is 9.84. The van der Waals surface area contributed by atoms with Crippen LogP contribution < -0.4 is 5.32 Å². The first-order chi connectivity index (χ1) is 14.5. The maximum Gasteiger partial charge on any atom is 0.234 e. The Morgan fingerprint density at radius 1 is 1.27 bits per heavy atom. The fourth-order valence-corrected chi connectivity index (χ4v) is 3.93. The summed E-state index contributed by atoms with van der Waals surface area (Å²) in [5, 5.41) is 12.8. The second kappa shape index (κ2) is 10.5. The van der Waals surface area contributed by atoms with Crippen molar-refractivity contribution in [1.82, 2.24) is 14.8 Å². The van der Waals surface area contributed by atoms with Crippen molar-refractivity contribution in [2.45, 2.75) is 37.9 Å². The van der Waals surface area contributed by atoms with Gasteiger partial charge in [-0.05, 0) is 42.2 Å². The molecule has 0 aliphatic rings. The summed E-state index contributed by atoms with van der Waals surface area (Å²) in [6, 6.07) is 15.5. The van der Waals surface area contributed by atoms with Crippen molar-refractivity contribution >= 4 is 35.0 Å². The molecule has 1 aromatic heterocycles. The number of benzene rings is 2. The van der Waals surface area contributed by atoms with Crippen LogP contribution in [-0.2, 0) is 11.3 Å². The van der Waals surface area contributed by atoms with E-state index in [2.05, 4.69) is 48.1 Å². The molecule has 5 nitrogen and oxygen atoms in total. The number of hydrogen-bond donors (Lipinski definition) is 1. The van der Waals surface area contributed by atoms with Crippen molar-refractivity contribution in [3.8, 4) is 11.4 Å². The molecule has 0 aliphatic heterocycles. The Balaban J connectivity index is 1.66. The number of nitrogens with one attached hydrogen (secondary N) is 1. The van der Waals surface area contributed by atoms with Crippen molar-refractivity contribution in [3.05, 3.63) is 71.8 Å². The number of anilines is 1. The zero-order valence-electron chi connectivity index (χ0n) is 17.1. The van der Waals surface area contributed by atoms with E-state index >= 15 is 0 Å². The van der Waals surface area contributed by atoms with E-state index in [1.54, 1.807) is 6.08 Å². The van der Waals surface area contributed by atoms with Crippen LogP contribution in [0.2, 0.25) is 5.02 Å². The molecule has 156 valence electrons. The average Bonchev–Trinajstić information content (AvgIpc) is 3.15. The van der Waals surface area contributed by atoms with Crippen molar-refractivity contribution in [2.75, 3.05) is 11.1 Å². The minimum Gasteiger partial charge on any atom is -0.325 e. The average molecular weight is 441 g/mol. The van der Waals surface area contributed by atoms with Crippen LogP contribution in [0.5, 0.6) is 0 Å². The highest BCUT2D eigenvalue weighted by molar-refractivity contribution is 7.99. The fraction of sp³-hybridized carbons (Fsp3) is 0.261. The van der Waals surface area contributed by atoms with Gasteiger partial charge >= 0.3 is 0 Å². The Morgan fingerprint density at radius 2 is 2.03 bits per heavy atom. The number of amides is 1. The van der Waals surface area contributed by atoms with Gasteiger partial charge in [0.15, 0.2) is 11.0 Å². The molecular formula is C23H25ClN4OS. The van der Waals surface area contributed by atoms with Gasteiger partial charge in [0.25, 0.3) is 0 Å². The number of rotatable bonds is 9. The first-order valence-corrected chi connectivity index (χ1v) is 11.2. The molecule has 0 spiro atoms. The lowest BCUT2D eigenvalue weighted by molar-refractivity contribution is -0.113. The molecule has 7 heteroatoms. The van der Waals surface area contributed by atoms with E-state index in [1.165, 1.54) is 17.3 Å². The normalized spacial score (nSPS) is 11.8. The van der Waals surface area contributed by atoms with Crippen LogP contribution in [-0.4, -0.2) is 26.4 Å². The van der Waals surface area contributed by atoms with Gasteiger partial charge in [-0.2, -0.15) is 0 Å². The van der Waals surface area contributed by atoms with Crippen molar-refractivity contribution in [1.29, 1.82) is 0 Å². The summed E-state index contributed by atoms with van der Waals surface area (Å²) in [6.45, 7) is 8.72. The van der Waals surface area contributed by atoms with E-state index < -0.39 is 0 Å². The molecule has 0 fully saturated rings. The molecule has 1 heterocycles. The van der Waals surface area contributed by atoms with Crippen molar-refractivity contribution in [2.24, 2.45) is 0 Å². The number of hydrogen-bond acceptors (Lipinski definition) is 4. The highest BCUT2D eigenvalue weighted by atomic mass is 35.5. The highest BCUT2D eigenvalue weighted by Gasteiger charge is 2.15. The summed E-state index contributed by atoms with van der Waals surface area (Å²) < 4.78 is 1.93. The Bertz CT molecular complexity index is 1020. The van der Waals surface area contributed by atoms with Gasteiger partial charge in [-0.1, -0.05) is 67.6 Å². The van der Waals surface area contributed by atoms with Gasteiger partial charge < -0.3 is 5.32 Å². The molecular weight excluding hydrogens is 416 g/mol. The number of thioether (sulfide) groups is 1. The number of allylic oxidation sites excluding steroid dienone is 1. The fourth-order valence-electron chi connectivity index (χ4n) is 2.99. The van der Waals surface area contributed by atoms with E-state index in [4.69, 9.17) is 11.6 Å². The maximum absolute atomic E-state index is 12.4. The third kappa shape index (κ3) is 5.52. The van der Waals surface area contributed by atoms with Crippen LogP contribution in [0.1, 0.15) is 31.7 Å². The molecule has 1 N–H and O–H groups in total. The lowest BCUT2D eigenvalue weighted by Crippen LogP contribution is -2.14. The van der Waals surface area contributed by atoms with E-state index in [0.717, 1.165) is 17.7 Å². The van der Waals surface area contributed by atoms with Gasteiger partial charge in [0, 0.05) is 22.8 Å². The molecule has 0 aliphatic carbocycles. The van der Waals surface area contributed by atoms with Gasteiger partial charge in [0.1, 0.15) is 0 Å². The first kappa shape index (κ1) is 22.1. The third-order valence-electron chi connectivity index (χ3n) is 4.82. The lowest BCUT2D eigenvalue weighted by Gasteiger charge is -2.11. The SMILES string of the molecule is C=CCn1c(SCC(=O)Nc2ccc(C(C)CC)cc2)nnc1-c1cccc(Cl)c1. The lowest BCUT2D eigenvalue weighted by atomic mass is 9.99. The second-order valence-corrected chi connectivity index (χ2v) is 8.36. The quantitative estimate of drug-likeness (QED) is 0.326. The van der Waals surface area contributed by atoms with E-state index in [1.807, 2.05) is 41.0 Å². The number of carbonyl (C=O) groups excluding carboxylic acids is 1. The van der Waals surface area contributed by atoms with Gasteiger partial charge in [0.05, 0.1) is 5.75 Å². The Kier molecular flexibility index (Phi) is 7.71. The Hall–Kier alpha value is -2.57. The Labute approximate surface area is 186 Å². The number of halogens is 1. The topological polar surface area (TPSA) is 59.8 Å². The smallest absolute Gasteiger partial charge is 0.234 e. The zero-order valence-corrected chi connectivity index (χ0v) is 18.7.